The minimum absolute atomic E-state index is 0.0115. The van der Waals surface area contributed by atoms with Crippen LogP contribution in [0, 0.1) is 11.8 Å². The van der Waals surface area contributed by atoms with Crippen molar-refractivity contribution in [3.05, 3.63) is 77.5 Å². The zero-order valence-electron chi connectivity index (χ0n) is 16.8. The molecule has 0 aliphatic carbocycles. The van der Waals surface area contributed by atoms with Crippen LogP contribution in [0.25, 0.3) is 0 Å². The van der Waals surface area contributed by atoms with Gasteiger partial charge < -0.3 is 20.7 Å². The van der Waals surface area contributed by atoms with Crippen molar-refractivity contribution in [2.24, 2.45) is 0 Å². The van der Waals surface area contributed by atoms with Crippen LogP contribution < -0.4 is 20.7 Å². The highest BCUT2D eigenvalue weighted by Gasteiger charge is 2.30. The molecule has 0 spiro atoms. The van der Waals surface area contributed by atoms with Gasteiger partial charge in [-0.25, -0.2) is 14.6 Å². The zero-order valence-corrected chi connectivity index (χ0v) is 16.8. The second kappa shape index (κ2) is 8.92. The lowest BCUT2D eigenvalue weighted by Gasteiger charge is -2.15. The van der Waals surface area contributed by atoms with Gasteiger partial charge >= 0.3 is 18.2 Å². The Labute approximate surface area is 186 Å². The number of urea groups is 1. The topological polar surface area (TPSA) is 92.4 Å². The lowest BCUT2D eigenvalue weighted by Crippen LogP contribution is -2.25. The summed E-state index contributed by atoms with van der Waals surface area (Å²) in [5.74, 6) is 5.65. The number of anilines is 3. The first-order valence-corrected chi connectivity index (χ1v) is 9.58. The number of amides is 2. The minimum Gasteiger partial charge on any atom is -0.404 e. The number of aromatic nitrogens is 1. The first-order valence-electron chi connectivity index (χ1n) is 9.58. The Kier molecular flexibility index (Phi) is 5.87. The monoisotopic (exact) mass is 452 g/mol. The second-order valence-corrected chi connectivity index (χ2v) is 6.89. The van der Waals surface area contributed by atoms with E-state index in [0.29, 0.717) is 22.5 Å². The molecule has 0 saturated carbocycles. The highest BCUT2D eigenvalue weighted by molar-refractivity contribution is 5.99. The molecule has 2 aromatic carbocycles. The summed E-state index contributed by atoms with van der Waals surface area (Å²) >= 11 is 0. The van der Waals surface area contributed by atoms with Gasteiger partial charge in [-0.2, -0.15) is 13.2 Å². The Balaban J connectivity index is 1.43. The van der Waals surface area contributed by atoms with Crippen LogP contribution in [-0.4, -0.2) is 23.5 Å². The van der Waals surface area contributed by atoms with Crippen molar-refractivity contribution in [3.8, 4) is 17.7 Å². The fraction of sp³-hybridized carbons (Fsp3) is 0.0870. The maximum absolute atomic E-state index is 12.8. The van der Waals surface area contributed by atoms with Gasteiger partial charge in [0, 0.05) is 28.7 Å². The Morgan fingerprint density at radius 1 is 1.00 bits per heavy atom. The van der Waals surface area contributed by atoms with Gasteiger partial charge in [0.25, 0.3) is 0 Å². The predicted molar refractivity (Wildman–Crippen MR) is 115 cm³/mol. The number of carbonyl (C=O) groups excluding carboxylic acids is 2. The molecule has 3 N–H and O–H groups in total. The molecular formula is C23H15F3N4O3. The van der Waals surface area contributed by atoms with E-state index in [1.54, 1.807) is 30.3 Å². The third-order valence-electron chi connectivity index (χ3n) is 4.40. The number of carbonyl (C=O) groups is 2. The normalized spacial score (nSPS) is 12.4. The van der Waals surface area contributed by atoms with Crippen LogP contribution >= 0.6 is 0 Å². The highest BCUT2D eigenvalue weighted by atomic mass is 19.4. The van der Waals surface area contributed by atoms with E-state index in [1.165, 1.54) is 18.3 Å². The third-order valence-corrected chi connectivity index (χ3v) is 4.40. The summed E-state index contributed by atoms with van der Waals surface area (Å²) in [5.41, 5.74) is 1.29. The smallest absolute Gasteiger partial charge is 0.404 e. The standard InChI is InChI=1S/C23H15F3N4O3/c24-23(25,26)16-4-2-6-18(11-16)30-22(32)29-17-5-1-3-14(9-17)7-8-15-10-19-21(28-12-15)33-20(31)13-27-19/h1-6,9-12,27H,13H2,(H2,29,30,32). The van der Waals surface area contributed by atoms with Crippen molar-refractivity contribution in [3.63, 3.8) is 0 Å². The van der Waals surface area contributed by atoms with E-state index in [0.717, 1.165) is 12.1 Å². The van der Waals surface area contributed by atoms with Gasteiger partial charge in [-0.15, -0.1) is 0 Å². The van der Waals surface area contributed by atoms with Crippen molar-refractivity contribution >= 4 is 29.1 Å². The van der Waals surface area contributed by atoms with Crippen molar-refractivity contribution in [2.75, 3.05) is 22.5 Å². The number of esters is 1. The molecule has 3 aromatic rings. The third kappa shape index (κ3) is 5.59. The lowest BCUT2D eigenvalue weighted by atomic mass is 10.2. The molecule has 1 aromatic heterocycles. The molecule has 1 aliphatic heterocycles. The van der Waals surface area contributed by atoms with Gasteiger partial charge in [0.15, 0.2) is 0 Å². The van der Waals surface area contributed by atoms with Crippen molar-refractivity contribution < 1.29 is 27.5 Å². The van der Waals surface area contributed by atoms with Crippen LogP contribution in [0.4, 0.5) is 35.0 Å². The lowest BCUT2D eigenvalue weighted by molar-refractivity contribution is -0.137. The molecule has 10 heteroatoms. The molecule has 0 saturated heterocycles. The van der Waals surface area contributed by atoms with E-state index in [9.17, 15) is 22.8 Å². The van der Waals surface area contributed by atoms with E-state index in [2.05, 4.69) is 32.8 Å². The molecule has 0 unspecified atom stereocenters. The minimum atomic E-state index is -4.50. The van der Waals surface area contributed by atoms with Crippen molar-refractivity contribution in [2.45, 2.75) is 6.18 Å². The van der Waals surface area contributed by atoms with E-state index < -0.39 is 23.7 Å². The number of hydrogen-bond acceptors (Lipinski definition) is 5. The van der Waals surface area contributed by atoms with Gasteiger partial charge in [0.1, 0.15) is 6.54 Å². The number of ether oxygens (including phenoxy) is 1. The molecule has 166 valence electrons. The van der Waals surface area contributed by atoms with Crippen LogP contribution in [0.15, 0.2) is 60.8 Å². The van der Waals surface area contributed by atoms with Gasteiger partial charge in [-0.05, 0) is 42.5 Å². The first-order chi connectivity index (χ1) is 15.8. The summed E-state index contributed by atoms with van der Waals surface area (Å²) in [6.45, 7) is 0.0435. The number of alkyl halides is 3. The molecule has 1 aliphatic rings. The maximum Gasteiger partial charge on any atom is 0.416 e. The average molecular weight is 452 g/mol. The van der Waals surface area contributed by atoms with Gasteiger partial charge in [0.2, 0.25) is 5.88 Å². The molecule has 33 heavy (non-hydrogen) atoms. The Bertz CT molecular complexity index is 1300. The molecule has 2 amide bonds. The molecule has 2 heterocycles. The largest absolute Gasteiger partial charge is 0.416 e. The van der Waals surface area contributed by atoms with Crippen LogP contribution in [0.3, 0.4) is 0 Å². The van der Waals surface area contributed by atoms with E-state index >= 15 is 0 Å². The summed E-state index contributed by atoms with van der Waals surface area (Å²) in [6, 6.07) is 12.0. The maximum atomic E-state index is 12.8. The fourth-order valence-corrected chi connectivity index (χ4v) is 2.93. The van der Waals surface area contributed by atoms with Crippen LogP contribution in [0.5, 0.6) is 5.88 Å². The number of nitrogens with zero attached hydrogens (tertiary/aromatic N) is 1. The second-order valence-electron chi connectivity index (χ2n) is 6.89. The predicted octanol–water partition coefficient (Wildman–Crippen LogP) is 4.48. The van der Waals surface area contributed by atoms with E-state index in [-0.39, 0.29) is 18.1 Å². The zero-order chi connectivity index (χ0) is 23.4. The number of benzene rings is 2. The number of hydrogen-bond donors (Lipinski definition) is 3. The molecule has 7 nitrogen and oxygen atoms in total. The fourth-order valence-electron chi connectivity index (χ4n) is 2.93. The molecular weight excluding hydrogens is 437 g/mol. The van der Waals surface area contributed by atoms with E-state index in [1.807, 2.05) is 0 Å². The average Bonchev–Trinajstić information content (AvgIpc) is 2.77. The summed E-state index contributed by atoms with van der Waals surface area (Å²) in [6.07, 6.45) is -3.04. The summed E-state index contributed by atoms with van der Waals surface area (Å²) < 4.78 is 43.5. The number of halogens is 3. The first kappa shape index (κ1) is 21.7. The van der Waals surface area contributed by atoms with E-state index in [4.69, 9.17) is 4.74 Å². The Morgan fingerprint density at radius 2 is 1.70 bits per heavy atom. The summed E-state index contributed by atoms with van der Waals surface area (Å²) in [5, 5.41) is 7.83. The molecule has 0 bridgehead atoms. The number of pyridine rings is 1. The van der Waals surface area contributed by atoms with Gasteiger partial charge in [-0.1, -0.05) is 24.0 Å². The summed E-state index contributed by atoms with van der Waals surface area (Å²) in [7, 11) is 0. The number of fused-ring (bicyclic) bond motifs is 1. The van der Waals surface area contributed by atoms with Gasteiger partial charge in [0.05, 0.1) is 11.3 Å². The van der Waals surface area contributed by atoms with Crippen molar-refractivity contribution in [1.82, 2.24) is 4.98 Å². The molecule has 4 rings (SSSR count). The van der Waals surface area contributed by atoms with Crippen LogP contribution in [0.2, 0.25) is 0 Å². The Morgan fingerprint density at radius 3 is 2.45 bits per heavy atom. The summed E-state index contributed by atoms with van der Waals surface area (Å²) in [4.78, 5) is 27.5. The van der Waals surface area contributed by atoms with Crippen molar-refractivity contribution in [1.29, 1.82) is 0 Å². The van der Waals surface area contributed by atoms with Crippen LogP contribution in [0.1, 0.15) is 16.7 Å². The number of nitrogens with one attached hydrogen (secondary N) is 3. The van der Waals surface area contributed by atoms with Gasteiger partial charge in [-0.3, -0.25) is 0 Å². The molecule has 0 radical (unpaired) electrons. The highest BCUT2D eigenvalue weighted by Crippen LogP contribution is 2.30. The Hall–Kier alpha value is -4.52. The molecule has 0 fully saturated rings. The SMILES string of the molecule is O=C(Nc1cccc(C#Cc2cnc3c(c2)NCC(=O)O3)c1)Nc1cccc(C(F)(F)F)c1. The van der Waals surface area contributed by atoms with Crippen LogP contribution in [-0.2, 0) is 11.0 Å². The molecule has 0 atom stereocenters. The quantitative estimate of drug-likeness (QED) is 0.394. The number of rotatable bonds is 2.